The van der Waals surface area contributed by atoms with Gasteiger partial charge in [-0.15, -0.1) is 0 Å². The first-order valence-electron chi connectivity index (χ1n) is 9.83. The van der Waals surface area contributed by atoms with Gasteiger partial charge in [-0.05, 0) is 43.9 Å². The second-order valence-electron chi connectivity index (χ2n) is 6.88. The van der Waals surface area contributed by atoms with Gasteiger partial charge in [0.15, 0.2) is 0 Å². The molecule has 0 bridgehead atoms. The minimum absolute atomic E-state index is 0.000484. The van der Waals surface area contributed by atoms with Gasteiger partial charge < -0.3 is 18.9 Å². The first-order valence-corrected chi connectivity index (χ1v) is 9.83. The highest BCUT2D eigenvalue weighted by Crippen LogP contribution is 2.35. The van der Waals surface area contributed by atoms with Crippen molar-refractivity contribution < 1.29 is 28.1 Å². The molecule has 1 aliphatic carbocycles. The zero-order chi connectivity index (χ0) is 19.6. The first kappa shape index (κ1) is 21.6. The fraction of sp³-hybridized carbons (Fsp3) is 0.667. The fourth-order valence-electron chi connectivity index (χ4n) is 3.00. The summed E-state index contributed by atoms with van der Waals surface area (Å²) in [5.41, 5.74) is 0.553. The standard InChI is InChI=1S/C21H31FO5/c1-4-6-10-25-16-12-17(13-16)27-20(14-26-21(23)7-5-2)18-11-15(22)8-9-19(18)24-3/h8-9,11,16-17,20H,4-7,10,12-14H2,1-3H3/t16?,17?,20-/m0/s1. The van der Waals surface area contributed by atoms with E-state index in [1.807, 2.05) is 6.92 Å². The van der Waals surface area contributed by atoms with E-state index < -0.39 is 6.10 Å². The number of hydrogen-bond donors (Lipinski definition) is 0. The maximum absolute atomic E-state index is 13.8. The molecule has 1 aliphatic rings. The van der Waals surface area contributed by atoms with Crippen LogP contribution in [0.4, 0.5) is 4.39 Å². The van der Waals surface area contributed by atoms with Crippen molar-refractivity contribution in [1.82, 2.24) is 0 Å². The lowest BCUT2D eigenvalue weighted by Crippen LogP contribution is -2.39. The molecule has 2 rings (SSSR count). The van der Waals surface area contributed by atoms with Gasteiger partial charge in [-0.3, -0.25) is 4.79 Å². The molecule has 27 heavy (non-hydrogen) atoms. The molecule has 0 amide bonds. The van der Waals surface area contributed by atoms with Gasteiger partial charge in [0.25, 0.3) is 0 Å². The van der Waals surface area contributed by atoms with Crippen LogP contribution in [0.2, 0.25) is 0 Å². The molecule has 0 aliphatic heterocycles. The molecule has 1 fully saturated rings. The number of hydrogen-bond acceptors (Lipinski definition) is 5. The quantitative estimate of drug-likeness (QED) is 0.391. The largest absolute Gasteiger partial charge is 0.496 e. The molecular weight excluding hydrogens is 351 g/mol. The summed E-state index contributed by atoms with van der Waals surface area (Å²) in [6, 6.07) is 4.28. The Kier molecular flexibility index (Phi) is 9.01. The molecule has 6 heteroatoms. The zero-order valence-electron chi connectivity index (χ0n) is 16.5. The van der Waals surface area contributed by atoms with Crippen LogP contribution in [0.3, 0.4) is 0 Å². The molecule has 1 saturated carbocycles. The van der Waals surface area contributed by atoms with Gasteiger partial charge in [0, 0.05) is 18.6 Å². The van der Waals surface area contributed by atoms with E-state index in [4.69, 9.17) is 18.9 Å². The number of benzene rings is 1. The molecule has 0 spiro atoms. The molecule has 5 nitrogen and oxygen atoms in total. The molecule has 0 radical (unpaired) electrons. The molecule has 1 aromatic rings. The smallest absolute Gasteiger partial charge is 0.305 e. The van der Waals surface area contributed by atoms with Gasteiger partial charge >= 0.3 is 5.97 Å². The second kappa shape index (κ2) is 11.2. The summed E-state index contributed by atoms with van der Waals surface area (Å²) in [6.07, 6.45) is 4.45. The van der Waals surface area contributed by atoms with E-state index >= 15 is 0 Å². The fourth-order valence-corrected chi connectivity index (χ4v) is 3.00. The Bertz CT molecular complexity index is 586. The SMILES string of the molecule is CCCCOC1CC(O[C@@H](COC(=O)CCC)c2cc(F)ccc2OC)C1. The van der Waals surface area contributed by atoms with Crippen molar-refractivity contribution in [2.75, 3.05) is 20.3 Å². The van der Waals surface area contributed by atoms with Gasteiger partial charge in [-0.1, -0.05) is 20.3 Å². The Hall–Kier alpha value is -1.66. The van der Waals surface area contributed by atoms with Crippen molar-refractivity contribution in [3.63, 3.8) is 0 Å². The normalized spacial score (nSPS) is 20.0. The van der Waals surface area contributed by atoms with Crippen molar-refractivity contribution in [3.8, 4) is 5.75 Å². The van der Waals surface area contributed by atoms with Crippen LogP contribution in [-0.2, 0) is 19.0 Å². The Morgan fingerprint density at radius 1 is 1.22 bits per heavy atom. The lowest BCUT2D eigenvalue weighted by molar-refractivity contribution is -0.160. The maximum Gasteiger partial charge on any atom is 0.305 e. The average molecular weight is 382 g/mol. The minimum Gasteiger partial charge on any atom is -0.496 e. The highest BCUT2D eigenvalue weighted by atomic mass is 19.1. The van der Waals surface area contributed by atoms with Crippen molar-refractivity contribution in [1.29, 1.82) is 0 Å². The summed E-state index contributed by atoms with van der Waals surface area (Å²) in [6.45, 7) is 4.85. The lowest BCUT2D eigenvalue weighted by Gasteiger charge is -2.37. The molecule has 0 heterocycles. The third-order valence-corrected chi connectivity index (χ3v) is 4.65. The van der Waals surface area contributed by atoms with E-state index in [1.165, 1.54) is 19.2 Å². The molecule has 0 aromatic heterocycles. The van der Waals surface area contributed by atoms with Crippen molar-refractivity contribution >= 4 is 5.97 Å². The molecule has 0 saturated heterocycles. The summed E-state index contributed by atoms with van der Waals surface area (Å²) in [7, 11) is 1.53. The van der Waals surface area contributed by atoms with Gasteiger partial charge in [-0.2, -0.15) is 0 Å². The van der Waals surface area contributed by atoms with Crippen LogP contribution in [-0.4, -0.2) is 38.5 Å². The second-order valence-corrected chi connectivity index (χ2v) is 6.88. The zero-order valence-corrected chi connectivity index (χ0v) is 16.5. The van der Waals surface area contributed by atoms with Crippen molar-refractivity contribution in [3.05, 3.63) is 29.6 Å². The number of carbonyl (C=O) groups excluding carboxylic acids is 1. The third kappa shape index (κ3) is 6.78. The first-order chi connectivity index (χ1) is 13.1. The number of esters is 1. The molecule has 0 N–H and O–H groups in total. The number of halogens is 1. The Labute approximate surface area is 161 Å². The lowest BCUT2D eigenvalue weighted by atomic mass is 9.91. The van der Waals surface area contributed by atoms with E-state index in [0.717, 1.165) is 32.3 Å². The minimum atomic E-state index is -0.571. The Balaban J connectivity index is 1.99. The molecule has 0 unspecified atom stereocenters. The van der Waals surface area contributed by atoms with Crippen LogP contribution in [0.15, 0.2) is 18.2 Å². The number of carbonyl (C=O) groups is 1. The van der Waals surface area contributed by atoms with Crippen molar-refractivity contribution in [2.45, 2.75) is 70.7 Å². The third-order valence-electron chi connectivity index (χ3n) is 4.65. The van der Waals surface area contributed by atoms with Gasteiger partial charge in [0.1, 0.15) is 24.3 Å². The summed E-state index contributed by atoms with van der Waals surface area (Å²) in [5.74, 6) is -0.146. The van der Waals surface area contributed by atoms with Crippen LogP contribution in [0.1, 0.15) is 64.0 Å². The average Bonchev–Trinajstić information content (AvgIpc) is 2.62. The predicted molar refractivity (Wildman–Crippen MR) is 100 cm³/mol. The van der Waals surface area contributed by atoms with Gasteiger partial charge in [0.05, 0.1) is 19.3 Å². The van der Waals surface area contributed by atoms with E-state index in [2.05, 4.69) is 6.92 Å². The summed E-state index contributed by atoms with van der Waals surface area (Å²) < 4.78 is 36.4. The van der Waals surface area contributed by atoms with Crippen LogP contribution in [0.5, 0.6) is 5.75 Å². The van der Waals surface area contributed by atoms with Crippen LogP contribution >= 0.6 is 0 Å². The topological polar surface area (TPSA) is 54.0 Å². The monoisotopic (exact) mass is 382 g/mol. The van der Waals surface area contributed by atoms with E-state index in [1.54, 1.807) is 6.07 Å². The predicted octanol–water partition coefficient (Wildman–Crippen LogP) is 4.58. The summed E-state index contributed by atoms with van der Waals surface area (Å²) in [4.78, 5) is 11.8. The summed E-state index contributed by atoms with van der Waals surface area (Å²) in [5, 5.41) is 0. The highest BCUT2D eigenvalue weighted by molar-refractivity contribution is 5.69. The van der Waals surface area contributed by atoms with Crippen molar-refractivity contribution in [2.24, 2.45) is 0 Å². The van der Waals surface area contributed by atoms with E-state index in [9.17, 15) is 9.18 Å². The molecule has 152 valence electrons. The number of ether oxygens (including phenoxy) is 4. The molecule has 1 atom stereocenters. The van der Waals surface area contributed by atoms with Crippen LogP contribution in [0.25, 0.3) is 0 Å². The van der Waals surface area contributed by atoms with Crippen LogP contribution in [0, 0.1) is 5.82 Å². The summed E-state index contributed by atoms with van der Waals surface area (Å²) >= 11 is 0. The highest BCUT2D eigenvalue weighted by Gasteiger charge is 2.34. The van der Waals surface area contributed by atoms with E-state index in [-0.39, 0.29) is 30.6 Å². The molecular formula is C21H31FO5. The van der Waals surface area contributed by atoms with Gasteiger partial charge in [0.2, 0.25) is 0 Å². The van der Waals surface area contributed by atoms with E-state index in [0.29, 0.717) is 24.2 Å². The number of unbranched alkanes of at least 4 members (excludes halogenated alkanes) is 1. The maximum atomic E-state index is 13.8. The van der Waals surface area contributed by atoms with Gasteiger partial charge in [-0.25, -0.2) is 4.39 Å². The Morgan fingerprint density at radius 3 is 2.67 bits per heavy atom. The molecule has 1 aromatic carbocycles. The Morgan fingerprint density at radius 2 is 2.00 bits per heavy atom. The number of methoxy groups -OCH3 is 1. The number of rotatable bonds is 12. The van der Waals surface area contributed by atoms with Crippen LogP contribution < -0.4 is 4.74 Å².